The highest BCUT2D eigenvalue weighted by atomic mass is 16.5. The number of quaternary nitrogens is 1. The molecule has 0 fully saturated rings. The van der Waals surface area contributed by atoms with E-state index in [2.05, 4.69) is 35.0 Å². The second kappa shape index (κ2) is 2.89. The predicted molar refractivity (Wildman–Crippen MR) is 43.7 cm³/mol. The topological polar surface area (TPSA) is 9.23 Å². The van der Waals surface area contributed by atoms with Gasteiger partial charge in [0.25, 0.3) is 0 Å². The van der Waals surface area contributed by atoms with Crippen LogP contribution < -0.4 is 0 Å². The number of hydrogen-bond acceptors (Lipinski definition) is 1. The minimum absolute atomic E-state index is 0.0417. The molecule has 2 heteroatoms. The maximum absolute atomic E-state index is 5.42. The molecule has 0 saturated carbocycles. The fourth-order valence-corrected chi connectivity index (χ4v) is 0.893. The molecule has 0 saturated heterocycles. The van der Waals surface area contributed by atoms with E-state index in [9.17, 15) is 0 Å². The van der Waals surface area contributed by atoms with Crippen molar-refractivity contribution < 1.29 is 9.22 Å². The summed E-state index contributed by atoms with van der Waals surface area (Å²) in [5.74, 6) is 0. The van der Waals surface area contributed by atoms with Crippen molar-refractivity contribution in [1.29, 1.82) is 0 Å². The number of methoxy groups -OCH3 is 1. The summed E-state index contributed by atoms with van der Waals surface area (Å²) in [4.78, 5) is 0. The zero-order chi connectivity index (χ0) is 8.41. The van der Waals surface area contributed by atoms with E-state index in [1.54, 1.807) is 7.11 Å². The maximum Gasteiger partial charge on any atom is 0.199 e. The number of rotatable bonds is 3. The molecule has 0 N–H and O–H groups in total. The van der Waals surface area contributed by atoms with Crippen LogP contribution in [0, 0.1) is 0 Å². The van der Waals surface area contributed by atoms with Crippen LogP contribution in [0.5, 0.6) is 0 Å². The molecule has 0 bridgehead atoms. The number of nitrogens with zero attached hydrogens (tertiary/aromatic N) is 1. The molecule has 0 aromatic carbocycles. The molecular weight excluding hydrogens is 126 g/mol. The summed E-state index contributed by atoms with van der Waals surface area (Å²) in [6, 6.07) is 0. The Hall–Kier alpha value is -0.0800. The van der Waals surface area contributed by atoms with Crippen LogP contribution in [0.3, 0.4) is 0 Å². The van der Waals surface area contributed by atoms with Crippen molar-refractivity contribution in [3.8, 4) is 0 Å². The van der Waals surface area contributed by atoms with Gasteiger partial charge in [-0.1, -0.05) is 6.92 Å². The van der Waals surface area contributed by atoms with Crippen LogP contribution in [0.15, 0.2) is 0 Å². The number of hydrogen-bond donors (Lipinski definition) is 0. The third-order valence-electron chi connectivity index (χ3n) is 2.51. The molecule has 0 aromatic heterocycles. The van der Waals surface area contributed by atoms with Crippen molar-refractivity contribution in [1.82, 2.24) is 0 Å². The van der Waals surface area contributed by atoms with Crippen molar-refractivity contribution in [2.45, 2.75) is 26.0 Å². The van der Waals surface area contributed by atoms with Gasteiger partial charge < -0.3 is 9.22 Å². The lowest BCUT2D eigenvalue weighted by Gasteiger charge is -2.41. The summed E-state index contributed by atoms with van der Waals surface area (Å²) < 4.78 is 6.27. The van der Waals surface area contributed by atoms with Gasteiger partial charge in [-0.3, -0.25) is 0 Å². The minimum Gasteiger partial charge on any atom is -0.330 e. The Kier molecular flexibility index (Phi) is 2.86. The summed E-state index contributed by atoms with van der Waals surface area (Å²) in [6.07, 6.45) is 1.03. The highest BCUT2D eigenvalue weighted by Gasteiger charge is 2.35. The van der Waals surface area contributed by atoms with Gasteiger partial charge in [0.15, 0.2) is 5.72 Å². The van der Waals surface area contributed by atoms with E-state index < -0.39 is 0 Å². The monoisotopic (exact) mass is 146 g/mol. The maximum atomic E-state index is 5.42. The molecule has 0 aliphatic rings. The van der Waals surface area contributed by atoms with Gasteiger partial charge in [-0.15, -0.1) is 0 Å². The summed E-state index contributed by atoms with van der Waals surface area (Å²) in [5.41, 5.74) is -0.0417. The van der Waals surface area contributed by atoms with Crippen molar-refractivity contribution in [3.63, 3.8) is 0 Å². The Morgan fingerprint density at radius 2 is 1.70 bits per heavy atom. The van der Waals surface area contributed by atoms with Crippen LogP contribution in [-0.2, 0) is 4.74 Å². The smallest absolute Gasteiger partial charge is 0.199 e. The standard InChI is InChI=1S/C8H20NO/c1-7-8(2,10-6)9(3,4)5/h7H2,1-6H3/q+1. The molecule has 62 valence electrons. The molecular formula is C8H20NO+. The lowest BCUT2D eigenvalue weighted by atomic mass is 10.1. The lowest BCUT2D eigenvalue weighted by Crippen LogP contribution is -2.55. The molecule has 0 aliphatic heterocycles. The average Bonchev–Trinajstić information content (AvgIpc) is 1.84. The summed E-state index contributed by atoms with van der Waals surface area (Å²) >= 11 is 0. The summed E-state index contributed by atoms with van der Waals surface area (Å²) in [6.45, 7) is 4.28. The summed E-state index contributed by atoms with van der Waals surface area (Å²) in [5, 5.41) is 0. The fraction of sp³-hybridized carbons (Fsp3) is 1.00. The highest BCUT2D eigenvalue weighted by molar-refractivity contribution is 4.57. The van der Waals surface area contributed by atoms with Gasteiger partial charge in [0, 0.05) is 20.5 Å². The second-order valence-corrected chi connectivity index (χ2v) is 3.75. The predicted octanol–water partition coefficient (Wildman–Crippen LogP) is 1.47. The third kappa shape index (κ3) is 1.70. The molecule has 2 nitrogen and oxygen atoms in total. The van der Waals surface area contributed by atoms with E-state index in [1.165, 1.54) is 0 Å². The van der Waals surface area contributed by atoms with Crippen molar-refractivity contribution in [3.05, 3.63) is 0 Å². The second-order valence-electron chi connectivity index (χ2n) is 3.75. The van der Waals surface area contributed by atoms with E-state index in [1.807, 2.05) is 0 Å². The van der Waals surface area contributed by atoms with Gasteiger partial charge in [-0.2, -0.15) is 0 Å². The SMILES string of the molecule is CCC(C)(OC)[N+](C)(C)C. The molecule has 0 spiro atoms. The Labute approximate surface area is 64.4 Å². The number of ether oxygens (including phenoxy) is 1. The van der Waals surface area contributed by atoms with Crippen LogP contribution in [0.1, 0.15) is 20.3 Å². The van der Waals surface area contributed by atoms with Crippen molar-refractivity contribution >= 4 is 0 Å². The lowest BCUT2D eigenvalue weighted by molar-refractivity contribution is -0.948. The largest absolute Gasteiger partial charge is 0.330 e. The molecule has 0 aliphatic carbocycles. The van der Waals surface area contributed by atoms with E-state index in [0.29, 0.717) is 0 Å². The van der Waals surface area contributed by atoms with Crippen molar-refractivity contribution in [2.24, 2.45) is 0 Å². The van der Waals surface area contributed by atoms with Crippen LogP contribution in [-0.4, -0.2) is 38.5 Å². The van der Waals surface area contributed by atoms with E-state index in [4.69, 9.17) is 4.74 Å². The molecule has 0 radical (unpaired) electrons. The van der Waals surface area contributed by atoms with Gasteiger partial charge in [-0.25, -0.2) is 0 Å². The molecule has 0 rings (SSSR count). The van der Waals surface area contributed by atoms with E-state index in [-0.39, 0.29) is 5.72 Å². The first-order chi connectivity index (χ1) is 4.37. The molecule has 0 amide bonds. The first-order valence-electron chi connectivity index (χ1n) is 3.74. The molecule has 1 atom stereocenters. The van der Waals surface area contributed by atoms with Gasteiger partial charge in [-0.05, 0) is 0 Å². The fourth-order valence-electron chi connectivity index (χ4n) is 0.893. The van der Waals surface area contributed by atoms with E-state index >= 15 is 0 Å². The third-order valence-corrected chi connectivity index (χ3v) is 2.51. The molecule has 0 heterocycles. The zero-order valence-corrected chi connectivity index (χ0v) is 8.06. The molecule has 10 heavy (non-hydrogen) atoms. The van der Waals surface area contributed by atoms with E-state index in [0.717, 1.165) is 10.9 Å². The van der Waals surface area contributed by atoms with Crippen LogP contribution in [0.2, 0.25) is 0 Å². The van der Waals surface area contributed by atoms with Crippen molar-refractivity contribution in [2.75, 3.05) is 28.3 Å². The Balaban J connectivity index is 4.33. The molecule has 1 unspecified atom stereocenters. The minimum atomic E-state index is -0.0417. The molecule has 0 aromatic rings. The summed E-state index contributed by atoms with van der Waals surface area (Å²) in [7, 11) is 8.21. The average molecular weight is 146 g/mol. The Bertz CT molecular complexity index is 100. The van der Waals surface area contributed by atoms with Crippen LogP contribution in [0.4, 0.5) is 0 Å². The Morgan fingerprint density at radius 3 is 1.70 bits per heavy atom. The van der Waals surface area contributed by atoms with Crippen LogP contribution >= 0.6 is 0 Å². The van der Waals surface area contributed by atoms with Gasteiger partial charge in [0.2, 0.25) is 0 Å². The van der Waals surface area contributed by atoms with Gasteiger partial charge in [0.05, 0.1) is 21.1 Å². The van der Waals surface area contributed by atoms with Gasteiger partial charge >= 0.3 is 0 Å². The quantitative estimate of drug-likeness (QED) is 0.433. The first kappa shape index (κ1) is 9.92. The normalized spacial score (nSPS) is 18.6. The van der Waals surface area contributed by atoms with Crippen LogP contribution in [0.25, 0.3) is 0 Å². The first-order valence-corrected chi connectivity index (χ1v) is 3.74. The van der Waals surface area contributed by atoms with Gasteiger partial charge in [0.1, 0.15) is 0 Å². The zero-order valence-electron chi connectivity index (χ0n) is 8.06. The Morgan fingerprint density at radius 1 is 1.30 bits per heavy atom. The highest BCUT2D eigenvalue weighted by Crippen LogP contribution is 2.22.